The molecule has 0 saturated carbocycles. The van der Waals surface area contributed by atoms with Crippen LogP contribution in [0, 0.1) is 0 Å². The first-order chi connectivity index (χ1) is 5.98. The average Bonchev–Trinajstić information content (AvgIpc) is 2.02. The Balaban J connectivity index is 3.93. The Morgan fingerprint density at radius 1 is 1.38 bits per heavy atom. The Kier molecular flexibility index (Phi) is 5.31. The van der Waals surface area contributed by atoms with Crippen molar-refractivity contribution in [3.8, 4) is 0 Å². The van der Waals surface area contributed by atoms with Crippen molar-refractivity contribution >= 4 is 5.78 Å². The number of carbonyl (C=O) groups is 1. The normalized spacial score (nSPS) is 12.9. The van der Waals surface area contributed by atoms with Crippen molar-refractivity contribution in [1.29, 1.82) is 0 Å². The molecular weight excluding hydrogens is 164 g/mol. The average molecular weight is 182 g/mol. The smallest absolute Gasteiger partial charge is 0.186 e. The molecule has 0 bridgehead atoms. The number of carbonyl (C=O) groups excluding carboxylic acids is 1. The topological polar surface area (TPSA) is 37.3 Å². The number of rotatable bonds is 5. The van der Waals surface area contributed by atoms with Gasteiger partial charge in [-0.2, -0.15) is 0 Å². The van der Waals surface area contributed by atoms with Crippen LogP contribution < -0.4 is 0 Å². The lowest BCUT2D eigenvalue weighted by Gasteiger charge is -2.11. The first-order valence-electron chi connectivity index (χ1n) is 4.58. The van der Waals surface area contributed by atoms with Gasteiger partial charge in [-0.3, -0.25) is 4.79 Å². The summed E-state index contributed by atoms with van der Waals surface area (Å²) in [4.78, 5) is 11.1. The van der Waals surface area contributed by atoms with Gasteiger partial charge in [0.25, 0.3) is 0 Å². The summed E-state index contributed by atoms with van der Waals surface area (Å²) in [6.07, 6.45) is 8.99. The molecule has 0 aromatic carbocycles. The van der Waals surface area contributed by atoms with E-state index < -0.39 is 5.60 Å². The van der Waals surface area contributed by atoms with E-state index in [0.717, 1.165) is 12.8 Å². The monoisotopic (exact) mass is 182 g/mol. The largest absolute Gasteiger partial charge is 0.382 e. The van der Waals surface area contributed by atoms with E-state index in [0.29, 0.717) is 0 Å². The van der Waals surface area contributed by atoms with Crippen LogP contribution in [0.25, 0.3) is 0 Å². The third-order valence-corrected chi connectivity index (χ3v) is 1.55. The van der Waals surface area contributed by atoms with Crippen LogP contribution >= 0.6 is 0 Å². The standard InChI is InChI=1S/C11H18O2/c1-4-5-6-7-8-9-10(12)11(2,3)13/h6-9,13H,4-5H2,1-3H3/b7-6+,9-8+. The fourth-order valence-corrected chi connectivity index (χ4v) is 0.688. The molecule has 0 heterocycles. The lowest BCUT2D eigenvalue weighted by molar-refractivity contribution is -0.128. The molecule has 0 aromatic rings. The molecule has 2 nitrogen and oxygen atoms in total. The summed E-state index contributed by atoms with van der Waals surface area (Å²) in [7, 11) is 0. The van der Waals surface area contributed by atoms with E-state index in [1.807, 2.05) is 12.2 Å². The highest BCUT2D eigenvalue weighted by molar-refractivity contribution is 5.96. The van der Waals surface area contributed by atoms with Gasteiger partial charge in [-0.05, 0) is 26.3 Å². The second-order valence-corrected chi connectivity index (χ2v) is 3.50. The molecule has 0 atom stereocenters. The number of unbranched alkanes of at least 4 members (excludes halogenated alkanes) is 1. The van der Waals surface area contributed by atoms with Crippen LogP contribution in [-0.2, 0) is 4.79 Å². The highest BCUT2D eigenvalue weighted by Crippen LogP contribution is 2.03. The molecule has 0 aliphatic rings. The molecule has 74 valence electrons. The summed E-state index contributed by atoms with van der Waals surface area (Å²) in [6.45, 7) is 5.06. The summed E-state index contributed by atoms with van der Waals surface area (Å²) in [5, 5.41) is 9.26. The van der Waals surface area contributed by atoms with Gasteiger partial charge < -0.3 is 5.11 Å². The van der Waals surface area contributed by atoms with Gasteiger partial charge >= 0.3 is 0 Å². The van der Waals surface area contributed by atoms with Gasteiger partial charge in [0.05, 0.1) is 0 Å². The summed E-state index contributed by atoms with van der Waals surface area (Å²) in [5.74, 6) is -0.270. The number of allylic oxidation sites excluding steroid dienone is 3. The van der Waals surface area contributed by atoms with Crippen molar-refractivity contribution in [3.05, 3.63) is 24.3 Å². The van der Waals surface area contributed by atoms with E-state index in [1.54, 1.807) is 6.08 Å². The molecule has 0 saturated heterocycles. The van der Waals surface area contributed by atoms with Crippen molar-refractivity contribution in [3.63, 3.8) is 0 Å². The Morgan fingerprint density at radius 3 is 2.46 bits per heavy atom. The SMILES string of the molecule is CCC/C=C/C=C/C(=O)C(C)(C)O. The van der Waals surface area contributed by atoms with Gasteiger partial charge in [-0.1, -0.05) is 31.6 Å². The number of hydrogen-bond donors (Lipinski definition) is 1. The van der Waals surface area contributed by atoms with Gasteiger partial charge in [0, 0.05) is 0 Å². The van der Waals surface area contributed by atoms with E-state index in [9.17, 15) is 9.90 Å². The van der Waals surface area contributed by atoms with Gasteiger partial charge in [0.1, 0.15) is 5.60 Å². The number of ketones is 1. The lowest BCUT2D eigenvalue weighted by atomic mass is 10.0. The summed E-state index contributed by atoms with van der Waals surface area (Å²) >= 11 is 0. The van der Waals surface area contributed by atoms with Gasteiger partial charge in [0.15, 0.2) is 5.78 Å². The highest BCUT2D eigenvalue weighted by Gasteiger charge is 2.19. The second-order valence-electron chi connectivity index (χ2n) is 3.50. The maximum atomic E-state index is 11.1. The zero-order chi connectivity index (χ0) is 10.3. The maximum Gasteiger partial charge on any atom is 0.186 e. The van der Waals surface area contributed by atoms with E-state index in [2.05, 4.69) is 6.92 Å². The molecule has 0 aliphatic heterocycles. The minimum atomic E-state index is -1.25. The van der Waals surface area contributed by atoms with E-state index in [1.165, 1.54) is 19.9 Å². The van der Waals surface area contributed by atoms with Crippen LogP contribution in [0.3, 0.4) is 0 Å². The summed E-state index contributed by atoms with van der Waals surface area (Å²) < 4.78 is 0. The van der Waals surface area contributed by atoms with Gasteiger partial charge in [-0.15, -0.1) is 0 Å². The zero-order valence-corrected chi connectivity index (χ0v) is 8.58. The Bertz CT molecular complexity index is 207. The molecule has 0 spiro atoms. The van der Waals surface area contributed by atoms with E-state index >= 15 is 0 Å². The molecule has 0 aromatic heterocycles. The molecule has 2 heteroatoms. The highest BCUT2D eigenvalue weighted by atomic mass is 16.3. The van der Waals surface area contributed by atoms with E-state index in [4.69, 9.17) is 0 Å². The number of aliphatic hydroxyl groups is 1. The minimum absolute atomic E-state index is 0.270. The maximum absolute atomic E-state index is 11.1. The Hall–Kier alpha value is -0.890. The molecule has 0 aliphatic carbocycles. The number of hydrogen-bond acceptors (Lipinski definition) is 2. The predicted octanol–water partition coefficient (Wildman–Crippen LogP) is 2.24. The molecule has 0 amide bonds. The Morgan fingerprint density at radius 2 is 2.00 bits per heavy atom. The van der Waals surface area contributed by atoms with Gasteiger partial charge in [0.2, 0.25) is 0 Å². The van der Waals surface area contributed by atoms with Crippen LogP contribution in [0.5, 0.6) is 0 Å². The molecule has 13 heavy (non-hydrogen) atoms. The third kappa shape index (κ3) is 6.29. The first-order valence-corrected chi connectivity index (χ1v) is 4.58. The Labute approximate surface area is 80.0 Å². The molecule has 0 unspecified atom stereocenters. The van der Waals surface area contributed by atoms with Crippen molar-refractivity contribution in [2.24, 2.45) is 0 Å². The van der Waals surface area contributed by atoms with Crippen LogP contribution in [0.4, 0.5) is 0 Å². The first kappa shape index (κ1) is 12.1. The van der Waals surface area contributed by atoms with Crippen molar-refractivity contribution < 1.29 is 9.90 Å². The zero-order valence-electron chi connectivity index (χ0n) is 8.58. The lowest BCUT2D eigenvalue weighted by Crippen LogP contribution is -2.29. The quantitative estimate of drug-likeness (QED) is 0.523. The fraction of sp³-hybridized carbons (Fsp3) is 0.545. The fourth-order valence-electron chi connectivity index (χ4n) is 0.688. The van der Waals surface area contributed by atoms with Crippen LogP contribution in [0.15, 0.2) is 24.3 Å². The van der Waals surface area contributed by atoms with Crippen molar-refractivity contribution in [1.82, 2.24) is 0 Å². The molecule has 0 fully saturated rings. The predicted molar refractivity (Wildman–Crippen MR) is 54.5 cm³/mol. The molecule has 0 rings (SSSR count). The summed E-state index contributed by atoms with van der Waals surface area (Å²) in [6, 6.07) is 0. The summed E-state index contributed by atoms with van der Waals surface area (Å²) in [5.41, 5.74) is -1.25. The van der Waals surface area contributed by atoms with Crippen LogP contribution in [-0.4, -0.2) is 16.5 Å². The molecule has 0 radical (unpaired) electrons. The minimum Gasteiger partial charge on any atom is -0.382 e. The molecular formula is C11H18O2. The van der Waals surface area contributed by atoms with Crippen LogP contribution in [0.2, 0.25) is 0 Å². The second kappa shape index (κ2) is 5.70. The third-order valence-electron chi connectivity index (χ3n) is 1.55. The van der Waals surface area contributed by atoms with Crippen molar-refractivity contribution in [2.75, 3.05) is 0 Å². The van der Waals surface area contributed by atoms with E-state index in [-0.39, 0.29) is 5.78 Å². The molecule has 1 N–H and O–H groups in total. The van der Waals surface area contributed by atoms with Gasteiger partial charge in [-0.25, -0.2) is 0 Å². The van der Waals surface area contributed by atoms with Crippen LogP contribution in [0.1, 0.15) is 33.6 Å². The van der Waals surface area contributed by atoms with Crippen molar-refractivity contribution in [2.45, 2.75) is 39.2 Å².